The van der Waals surface area contributed by atoms with Gasteiger partial charge in [-0.15, -0.1) is 0 Å². The van der Waals surface area contributed by atoms with Crippen molar-refractivity contribution < 1.29 is 9.15 Å². The Morgan fingerprint density at radius 1 is 1.41 bits per heavy atom. The summed E-state index contributed by atoms with van der Waals surface area (Å²) in [6.45, 7) is 7.26. The van der Waals surface area contributed by atoms with Gasteiger partial charge in [-0.05, 0) is 36.9 Å². The summed E-state index contributed by atoms with van der Waals surface area (Å²) in [5, 5.41) is 3.44. The number of hydrogen-bond donors (Lipinski definition) is 1. The molecule has 0 bridgehead atoms. The molecule has 0 fully saturated rings. The lowest BCUT2D eigenvalue weighted by Gasteiger charge is -2.18. The maximum absolute atomic E-state index is 5.42. The van der Waals surface area contributed by atoms with Crippen molar-refractivity contribution >= 4 is 0 Å². The average Bonchev–Trinajstić information content (AvgIpc) is 2.76. The summed E-state index contributed by atoms with van der Waals surface area (Å²) in [5.41, 5.74) is 0. The quantitative estimate of drug-likeness (QED) is 0.673. The Hall–Kier alpha value is -0.800. The van der Waals surface area contributed by atoms with Gasteiger partial charge in [-0.3, -0.25) is 0 Å². The van der Waals surface area contributed by atoms with Crippen LogP contribution in [0.2, 0.25) is 0 Å². The van der Waals surface area contributed by atoms with Gasteiger partial charge < -0.3 is 14.5 Å². The number of methoxy groups -OCH3 is 1. The van der Waals surface area contributed by atoms with Crippen molar-refractivity contribution in [3.63, 3.8) is 0 Å². The summed E-state index contributed by atoms with van der Waals surface area (Å²) in [4.78, 5) is 0. The molecule has 1 atom stereocenters. The van der Waals surface area contributed by atoms with Crippen LogP contribution in [0.15, 0.2) is 22.8 Å². The van der Waals surface area contributed by atoms with Crippen LogP contribution >= 0.6 is 0 Å². The Kier molecular flexibility index (Phi) is 6.97. The third-order valence-corrected chi connectivity index (χ3v) is 2.79. The van der Waals surface area contributed by atoms with Gasteiger partial charge in [0.1, 0.15) is 5.76 Å². The van der Waals surface area contributed by atoms with Gasteiger partial charge in [0.2, 0.25) is 0 Å². The first-order valence-corrected chi connectivity index (χ1v) is 6.44. The van der Waals surface area contributed by atoms with Crippen LogP contribution in [0.25, 0.3) is 0 Å². The SMILES string of the molecule is COCCNCC(Cc1ccco1)CC(C)C. The van der Waals surface area contributed by atoms with E-state index in [4.69, 9.17) is 9.15 Å². The van der Waals surface area contributed by atoms with Crippen LogP contribution in [0.3, 0.4) is 0 Å². The van der Waals surface area contributed by atoms with Crippen LogP contribution in [0.5, 0.6) is 0 Å². The predicted molar refractivity (Wildman–Crippen MR) is 70.1 cm³/mol. The highest BCUT2D eigenvalue weighted by Crippen LogP contribution is 2.17. The molecule has 0 aliphatic heterocycles. The van der Waals surface area contributed by atoms with E-state index in [1.54, 1.807) is 13.4 Å². The fourth-order valence-corrected chi connectivity index (χ4v) is 2.10. The fraction of sp³-hybridized carbons (Fsp3) is 0.714. The Balaban J connectivity index is 2.32. The smallest absolute Gasteiger partial charge is 0.104 e. The van der Waals surface area contributed by atoms with Crippen LogP contribution in [0, 0.1) is 11.8 Å². The first-order valence-electron chi connectivity index (χ1n) is 6.44. The minimum Gasteiger partial charge on any atom is -0.469 e. The topological polar surface area (TPSA) is 34.4 Å². The van der Waals surface area contributed by atoms with Crippen LogP contribution in [-0.2, 0) is 11.2 Å². The molecule has 0 aliphatic rings. The molecule has 0 aromatic carbocycles. The monoisotopic (exact) mass is 239 g/mol. The Labute approximate surface area is 105 Å². The number of ether oxygens (including phenoxy) is 1. The van der Waals surface area contributed by atoms with E-state index in [1.807, 2.05) is 6.07 Å². The molecule has 98 valence electrons. The van der Waals surface area contributed by atoms with Crippen LogP contribution in [0.1, 0.15) is 26.0 Å². The van der Waals surface area contributed by atoms with E-state index in [0.717, 1.165) is 37.8 Å². The van der Waals surface area contributed by atoms with Crippen LogP contribution in [-0.4, -0.2) is 26.8 Å². The molecular formula is C14H25NO2. The van der Waals surface area contributed by atoms with Gasteiger partial charge in [0.15, 0.2) is 0 Å². The summed E-state index contributed by atoms with van der Waals surface area (Å²) < 4.78 is 10.5. The Morgan fingerprint density at radius 3 is 2.82 bits per heavy atom. The lowest BCUT2D eigenvalue weighted by atomic mass is 9.93. The minimum atomic E-state index is 0.637. The Morgan fingerprint density at radius 2 is 2.24 bits per heavy atom. The third-order valence-electron chi connectivity index (χ3n) is 2.79. The minimum absolute atomic E-state index is 0.637. The van der Waals surface area contributed by atoms with Crippen molar-refractivity contribution in [1.29, 1.82) is 0 Å². The van der Waals surface area contributed by atoms with E-state index in [-0.39, 0.29) is 0 Å². The molecular weight excluding hydrogens is 214 g/mol. The summed E-state index contributed by atoms with van der Waals surface area (Å²) >= 11 is 0. The van der Waals surface area contributed by atoms with Crippen molar-refractivity contribution in [2.75, 3.05) is 26.8 Å². The van der Waals surface area contributed by atoms with Gasteiger partial charge in [0.25, 0.3) is 0 Å². The molecule has 1 aromatic rings. The van der Waals surface area contributed by atoms with E-state index in [9.17, 15) is 0 Å². The molecule has 0 spiro atoms. The van der Waals surface area contributed by atoms with Gasteiger partial charge in [-0.2, -0.15) is 0 Å². The van der Waals surface area contributed by atoms with E-state index in [2.05, 4.69) is 25.2 Å². The van der Waals surface area contributed by atoms with Crippen molar-refractivity contribution in [1.82, 2.24) is 5.32 Å². The van der Waals surface area contributed by atoms with Gasteiger partial charge >= 0.3 is 0 Å². The highest BCUT2D eigenvalue weighted by molar-refractivity contribution is 4.99. The van der Waals surface area contributed by atoms with Gasteiger partial charge in [-0.25, -0.2) is 0 Å². The molecule has 1 heterocycles. The van der Waals surface area contributed by atoms with E-state index in [1.165, 1.54) is 6.42 Å². The number of nitrogens with one attached hydrogen (secondary N) is 1. The van der Waals surface area contributed by atoms with Crippen molar-refractivity contribution in [3.8, 4) is 0 Å². The van der Waals surface area contributed by atoms with Crippen molar-refractivity contribution in [2.24, 2.45) is 11.8 Å². The van der Waals surface area contributed by atoms with Gasteiger partial charge in [0, 0.05) is 20.1 Å². The van der Waals surface area contributed by atoms with Crippen molar-refractivity contribution in [3.05, 3.63) is 24.2 Å². The lowest BCUT2D eigenvalue weighted by Crippen LogP contribution is -2.28. The normalized spacial score (nSPS) is 13.2. The van der Waals surface area contributed by atoms with E-state index >= 15 is 0 Å². The zero-order valence-corrected chi connectivity index (χ0v) is 11.2. The zero-order valence-electron chi connectivity index (χ0n) is 11.2. The summed E-state index contributed by atoms with van der Waals surface area (Å²) in [6.07, 6.45) is 3.99. The van der Waals surface area contributed by atoms with Gasteiger partial charge in [-0.1, -0.05) is 13.8 Å². The predicted octanol–water partition coefficient (Wildman–Crippen LogP) is 2.72. The van der Waals surface area contributed by atoms with E-state index < -0.39 is 0 Å². The average molecular weight is 239 g/mol. The maximum Gasteiger partial charge on any atom is 0.104 e. The number of furan rings is 1. The largest absolute Gasteiger partial charge is 0.469 e. The molecule has 3 heteroatoms. The fourth-order valence-electron chi connectivity index (χ4n) is 2.10. The first-order chi connectivity index (χ1) is 8.22. The standard InChI is InChI=1S/C14H25NO2/c1-12(2)9-13(11-15-6-8-16-3)10-14-5-4-7-17-14/h4-5,7,12-13,15H,6,8-11H2,1-3H3. The maximum atomic E-state index is 5.42. The second kappa shape index (κ2) is 8.31. The van der Waals surface area contributed by atoms with Crippen molar-refractivity contribution in [2.45, 2.75) is 26.7 Å². The lowest BCUT2D eigenvalue weighted by molar-refractivity contribution is 0.196. The third kappa shape index (κ3) is 6.49. The first kappa shape index (κ1) is 14.3. The second-order valence-corrected chi connectivity index (χ2v) is 4.98. The van der Waals surface area contributed by atoms with Crippen LogP contribution < -0.4 is 5.32 Å². The zero-order chi connectivity index (χ0) is 12.5. The van der Waals surface area contributed by atoms with Gasteiger partial charge in [0.05, 0.1) is 12.9 Å². The molecule has 3 nitrogen and oxygen atoms in total. The molecule has 0 aliphatic carbocycles. The Bertz CT molecular complexity index is 270. The molecule has 1 aromatic heterocycles. The van der Waals surface area contributed by atoms with Crippen LogP contribution in [0.4, 0.5) is 0 Å². The van der Waals surface area contributed by atoms with E-state index in [0.29, 0.717) is 5.92 Å². The molecule has 0 saturated heterocycles. The highest BCUT2D eigenvalue weighted by Gasteiger charge is 2.12. The highest BCUT2D eigenvalue weighted by atomic mass is 16.5. The molecule has 1 rings (SSSR count). The molecule has 0 amide bonds. The summed E-state index contributed by atoms with van der Waals surface area (Å²) in [6, 6.07) is 4.02. The summed E-state index contributed by atoms with van der Waals surface area (Å²) in [7, 11) is 1.73. The summed E-state index contributed by atoms with van der Waals surface area (Å²) in [5.74, 6) is 2.45. The molecule has 0 radical (unpaired) electrons. The number of hydrogen-bond acceptors (Lipinski definition) is 3. The number of rotatable bonds is 9. The second-order valence-electron chi connectivity index (χ2n) is 4.98. The molecule has 1 unspecified atom stereocenters. The molecule has 17 heavy (non-hydrogen) atoms. The molecule has 1 N–H and O–H groups in total. The molecule has 0 saturated carbocycles.